The average molecular weight is 390 g/mol. The first-order valence-corrected chi connectivity index (χ1v) is 9.19. The van der Waals surface area contributed by atoms with Gasteiger partial charge in [-0.15, -0.1) is 0 Å². The lowest BCUT2D eigenvalue weighted by Gasteiger charge is -2.18. The van der Waals surface area contributed by atoms with Crippen LogP contribution in [0, 0.1) is 12.7 Å². The number of carbonyl (C=O) groups excluding carboxylic acids is 1. The Balaban J connectivity index is 1.63. The molecule has 28 heavy (non-hydrogen) atoms. The summed E-state index contributed by atoms with van der Waals surface area (Å²) in [4.78, 5) is 16.1. The lowest BCUT2D eigenvalue weighted by Crippen LogP contribution is -2.42. The highest BCUT2D eigenvalue weighted by molar-refractivity contribution is 5.92. The van der Waals surface area contributed by atoms with Crippen molar-refractivity contribution in [2.45, 2.75) is 26.4 Å². The average Bonchev–Trinajstić information content (AvgIpc) is 3.11. The number of nitrogens with zero attached hydrogens (tertiary/aromatic N) is 1. The topological polar surface area (TPSA) is 87.9 Å². The lowest BCUT2D eigenvalue weighted by atomic mass is 10.2. The molecule has 0 aliphatic rings. The molecular formula is C20H27FN4O3. The highest BCUT2D eigenvalue weighted by atomic mass is 19.1. The molecule has 0 aliphatic carbocycles. The fourth-order valence-corrected chi connectivity index (χ4v) is 2.44. The molecular weight excluding hydrogens is 363 g/mol. The van der Waals surface area contributed by atoms with E-state index in [9.17, 15) is 9.18 Å². The van der Waals surface area contributed by atoms with Crippen LogP contribution < -0.4 is 20.7 Å². The summed E-state index contributed by atoms with van der Waals surface area (Å²) in [6.45, 7) is 5.27. The molecule has 0 radical (unpaired) electrons. The van der Waals surface area contributed by atoms with Crippen LogP contribution in [0.15, 0.2) is 46.0 Å². The number of aryl methyl sites for hydroxylation is 1. The second-order valence-electron chi connectivity index (χ2n) is 6.28. The van der Waals surface area contributed by atoms with Crippen molar-refractivity contribution < 1.29 is 18.3 Å². The van der Waals surface area contributed by atoms with Crippen LogP contribution in [0.25, 0.3) is 0 Å². The standard InChI is InChI=1S/C20H27FN4O3/c1-14-9-12-27-18(14)19(26)23-10-6-11-24-20(22-3)25-13-15(2)28-17-8-5-4-7-16(17)21/h4-5,7-9,12,15H,6,10-11,13H2,1-3H3,(H,23,26)(H2,22,24,25). The Morgan fingerprint density at radius 3 is 2.64 bits per heavy atom. The van der Waals surface area contributed by atoms with Gasteiger partial charge in [-0.1, -0.05) is 12.1 Å². The molecule has 2 aromatic rings. The van der Waals surface area contributed by atoms with E-state index in [0.717, 1.165) is 5.56 Å². The zero-order valence-electron chi connectivity index (χ0n) is 16.4. The Morgan fingerprint density at radius 1 is 1.21 bits per heavy atom. The number of carbonyl (C=O) groups is 1. The zero-order valence-corrected chi connectivity index (χ0v) is 16.4. The molecule has 2 rings (SSSR count). The number of ether oxygens (including phenoxy) is 1. The van der Waals surface area contributed by atoms with Crippen molar-refractivity contribution >= 4 is 11.9 Å². The van der Waals surface area contributed by atoms with Crippen LogP contribution in [0.4, 0.5) is 4.39 Å². The fourth-order valence-electron chi connectivity index (χ4n) is 2.44. The van der Waals surface area contributed by atoms with E-state index in [-0.39, 0.29) is 23.6 Å². The number of para-hydroxylation sites is 1. The molecule has 1 atom stereocenters. The van der Waals surface area contributed by atoms with E-state index in [0.29, 0.717) is 37.8 Å². The van der Waals surface area contributed by atoms with Crippen LogP contribution in [0.5, 0.6) is 5.75 Å². The minimum Gasteiger partial charge on any atom is -0.486 e. The molecule has 1 amide bonds. The van der Waals surface area contributed by atoms with Crippen LogP contribution in [-0.4, -0.2) is 44.7 Å². The van der Waals surface area contributed by atoms with Crippen molar-refractivity contribution in [1.29, 1.82) is 0 Å². The second-order valence-corrected chi connectivity index (χ2v) is 6.28. The first kappa shape index (κ1) is 21.3. The van der Waals surface area contributed by atoms with Crippen molar-refractivity contribution in [2.24, 2.45) is 4.99 Å². The third-order valence-corrected chi connectivity index (χ3v) is 3.95. The number of rotatable bonds is 9. The Kier molecular flexibility index (Phi) is 8.33. The molecule has 0 aliphatic heterocycles. The van der Waals surface area contributed by atoms with Gasteiger partial charge < -0.3 is 25.1 Å². The zero-order chi connectivity index (χ0) is 20.4. The van der Waals surface area contributed by atoms with E-state index in [2.05, 4.69) is 20.9 Å². The number of halogens is 1. The lowest BCUT2D eigenvalue weighted by molar-refractivity contribution is 0.0925. The maximum Gasteiger partial charge on any atom is 0.287 e. The fraction of sp³-hybridized carbons (Fsp3) is 0.400. The molecule has 3 N–H and O–H groups in total. The minimum absolute atomic E-state index is 0.218. The monoisotopic (exact) mass is 390 g/mol. The van der Waals surface area contributed by atoms with Gasteiger partial charge in [0.2, 0.25) is 0 Å². The molecule has 0 saturated heterocycles. The van der Waals surface area contributed by atoms with Gasteiger partial charge in [-0.3, -0.25) is 9.79 Å². The molecule has 0 saturated carbocycles. The van der Waals surface area contributed by atoms with E-state index in [1.807, 2.05) is 13.8 Å². The normalized spacial score (nSPS) is 12.4. The number of guanidine groups is 1. The third-order valence-electron chi connectivity index (χ3n) is 3.95. The highest BCUT2D eigenvalue weighted by Gasteiger charge is 2.11. The molecule has 7 nitrogen and oxygen atoms in total. The summed E-state index contributed by atoms with van der Waals surface area (Å²) in [7, 11) is 1.67. The molecule has 1 unspecified atom stereocenters. The largest absolute Gasteiger partial charge is 0.486 e. The highest BCUT2D eigenvalue weighted by Crippen LogP contribution is 2.16. The second kappa shape index (κ2) is 11.0. The van der Waals surface area contributed by atoms with Crippen LogP contribution in [-0.2, 0) is 0 Å². The van der Waals surface area contributed by atoms with E-state index >= 15 is 0 Å². The van der Waals surface area contributed by atoms with Crippen LogP contribution in [0.2, 0.25) is 0 Å². The van der Waals surface area contributed by atoms with Gasteiger partial charge in [-0.2, -0.15) is 0 Å². The van der Waals surface area contributed by atoms with Crippen molar-refractivity contribution in [3.8, 4) is 5.75 Å². The summed E-state index contributed by atoms with van der Waals surface area (Å²) in [5.74, 6) is 0.571. The van der Waals surface area contributed by atoms with Crippen LogP contribution in [0.1, 0.15) is 29.5 Å². The summed E-state index contributed by atoms with van der Waals surface area (Å²) in [6, 6.07) is 8.06. The number of nitrogens with one attached hydrogen (secondary N) is 3. The first-order valence-electron chi connectivity index (χ1n) is 9.19. The summed E-state index contributed by atoms with van der Waals surface area (Å²) in [6.07, 6.45) is 1.97. The predicted octanol–water partition coefficient (Wildman–Crippen LogP) is 2.48. The van der Waals surface area contributed by atoms with Crippen molar-refractivity contribution in [2.75, 3.05) is 26.7 Å². The number of benzene rings is 1. The van der Waals surface area contributed by atoms with E-state index in [1.165, 1.54) is 12.3 Å². The quantitative estimate of drug-likeness (QED) is 0.348. The summed E-state index contributed by atoms with van der Waals surface area (Å²) in [5.41, 5.74) is 0.812. The van der Waals surface area contributed by atoms with Crippen LogP contribution >= 0.6 is 0 Å². The van der Waals surface area contributed by atoms with E-state index in [4.69, 9.17) is 9.15 Å². The molecule has 8 heteroatoms. The Labute approximate surface area is 164 Å². The van der Waals surface area contributed by atoms with Gasteiger partial charge in [0.1, 0.15) is 6.10 Å². The Hall–Kier alpha value is -3.03. The summed E-state index contributed by atoms with van der Waals surface area (Å²) >= 11 is 0. The number of hydrogen-bond acceptors (Lipinski definition) is 4. The van der Waals surface area contributed by atoms with Gasteiger partial charge in [-0.05, 0) is 38.5 Å². The minimum atomic E-state index is -0.386. The molecule has 1 aromatic heterocycles. The first-order chi connectivity index (χ1) is 13.5. The predicted molar refractivity (Wildman–Crippen MR) is 106 cm³/mol. The Bertz CT molecular complexity index is 791. The van der Waals surface area contributed by atoms with Gasteiger partial charge in [0, 0.05) is 25.7 Å². The molecule has 0 bridgehead atoms. The van der Waals surface area contributed by atoms with Gasteiger partial charge in [-0.25, -0.2) is 4.39 Å². The van der Waals surface area contributed by atoms with Crippen molar-refractivity contribution in [3.63, 3.8) is 0 Å². The van der Waals surface area contributed by atoms with Crippen molar-refractivity contribution in [1.82, 2.24) is 16.0 Å². The third kappa shape index (κ3) is 6.61. The molecule has 152 valence electrons. The summed E-state index contributed by atoms with van der Waals surface area (Å²) in [5, 5.41) is 9.09. The number of amides is 1. The van der Waals surface area contributed by atoms with E-state index in [1.54, 1.807) is 31.3 Å². The van der Waals surface area contributed by atoms with Crippen molar-refractivity contribution in [3.05, 3.63) is 53.7 Å². The van der Waals surface area contributed by atoms with Gasteiger partial charge in [0.15, 0.2) is 23.3 Å². The SMILES string of the molecule is CN=C(NCCCNC(=O)c1occc1C)NCC(C)Oc1ccccc1F. The van der Waals surface area contributed by atoms with Gasteiger partial charge >= 0.3 is 0 Å². The maximum atomic E-state index is 13.6. The van der Waals surface area contributed by atoms with Crippen LogP contribution in [0.3, 0.4) is 0 Å². The molecule has 0 fully saturated rings. The van der Waals surface area contributed by atoms with E-state index < -0.39 is 0 Å². The van der Waals surface area contributed by atoms with Gasteiger partial charge in [0.25, 0.3) is 5.91 Å². The number of furan rings is 1. The number of aliphatic imine (C=N–C) groups is 1. The molecule has 1 heterocycles. The number of hydrogen-bond donors (Lipinski definition) is 3. The molecule has 1 aromatic carbocycles. The summed E-state index contributed by atoms with van der Waals surface area (Å²) < 4.78 is 24.3. The van der Waals surface area contributed by atoms with Gasteiger partial charge in [0.05, 0.1) is 12.8 Å². The molecule has 0 spiro atoms. The smallest absolute Gasteiger partial charge is 0.287 e. The Morgan fingerprint density at radius 2 is 1.96 bits per heavy atom. The maximum absolute atomic E-state index is 13.6.